The minimum atomic E-state index is -3.54. The highest BCUT2D eigenvalue weighted by Gasteiger charge is 2.21. The van der Waals surface area contributed by atoms with Gasteiger partial charge in [-0.05, 0) is 57.0 Å². The van der Waals surface area contributed by atoms with Gasteiger partial charge in [0.15, 0.2) is 0 Å². The second-order valence-corrected chi connectivity index (χ2v) is 8.29. The van der Waals surface area contributed by atoms with E-state index in [2.05, 4.69) is 21.5 Å². The number of benzene rings is 1. The van der Waals surface area contributed by atoms with E-state index in [4.69, 9.17) is 0 Å². The second kappa shape index (κ2) is 7.17. The third-order valence-electron chi connectivity index (χ3n) is 4.85. The third kappa shape index (κ3) is 3.61. The maximum Gasteiger partial charge on any atom is 0.241 e. The number of likely N-dealkylation sites (tertiary alicyclic amines) is 1. The molecular weight excluding hydrogens is 322 g/mol. The number of rotatable bonds is 5. The number of nitrogens with zero attached hydrogens (tertiary/aromatic N) is 2. The van der Waals surface area contributed by atoms with Crippen molar-refractivity contribution < 1.29 is 8.42 Å². The standard InChI is InChI=1S/C18H25N3O2S/c1-14-8-9-17(16-7-5-10-19-18(14)16)24(22,23)20-11-13-21-12-4-3-6-15(21)2/h5,7-10,15,20H,3-4,6,11-13H2,1-2H3/t15-/m0/s1. The van der Waals surface area contributed by atoms with Crippen LogP contribution in [0.5, 0.6) is 0 Å². The fourth-order valence-electron chi connectivity index (χ4n) is 3.41. The number of pyridine rings is 1. The summed E-state index contributed by atoms with van der Waals surface area (Å²) in [6, 6.07) is 7.61. The van der Waals surface area contributed by atoms with E-state index in [1.807, 2.05) is 19.1 Å². The Hall–Kier alpha value is -1.50. The number of fused-ring (bicyclic) bond motifs is 1. The molecule has 2 heterocycles. The van der Waals surface area contributed by atoms with Gasteiger partial charge in [0.1, 0.15) is 0 Å². The Morgan fingerprint density at radius 1 is 1.29 bits per heavy atom. The first-order chi connectivity index (χ1) is 11.5. The summed E-state index contributed by atoms with van der Waals surface area (Å²) in [6.07, 6.45) is 5.36. The monoisotopic (exact) mass is 347 g/mol. The van der Waals surface area contributed by atoms with Crippen LogP contribution in [0.4, 0.5) is 0 Å². The van der Waals surface area contributed by atoms with Gasteiger partial charge in [0.25, 0.3) is 0 Å². The Bertz CT molecular complexity index is 820. The molecule has 130 valence electrons. The summed E-state index contributed by atoms with van der Waals surface area (Å²) in [7, 11) is -3.54. The Labute approximate surface area is 144 Å². The Morgan fingerprint density at radius 2 is 2.12 bits per heavy atom. The van der Waals surface area contributed by atoms with Crippen LogP contribution in [-0.2, 0) is 10.0 Å². The van der Waals surface area contributed by atoms with Crippen LogP contribution in [0.2, 0.25) is 0 Å². The van der Waals surface area contributed by atoms with Gasteiger partial charge in [-0.15, -0.1) is 0 Å². The molecule has 6 heteroatoms. The maximum absolute atomic E-state index is 12.7. The summed E-state index contributed by atoms with van der Waals surface area (Å²) in [5, 5.41) is 0.677. The number of sulfonamides is 1. The van der Waals surface area contributed by atoms with Crippen molar-refractivity contribution in [2.45, 2.75) is 44.0 Å². The van der Waals surface area contributed by atoms with Crippen molar-refractivity contribution >= 4 is 20.9 Å². The van der Waals surface area contributed by atoms with Gasteiger partial charge >= 0.3 is 0 Å². The van der Waals surface area contributed by atoms with E-state index < -0.39 is 10.0 Å². The van der Waals surface area contributed by atoms with Crippen LogP contribution in [0.1, 0.15) is 31.7 Å². The van der Waals surface area contributed by atoms with Crippen LogP contribution in [0.15, 0.2) is 35.4 Å². The van der Waals surface area contributed by atoms with Gasteiger partial charge in [-0.25, -0.2) is 13.1 Å². The lowest BCUT2D eigenvalue weighted by molar-refractivity contribution is 0.164. The fraction of sp³-hybridized carbons (Fsp3) is 0.500. The maximum atomic E-state index is 12.7. The highest BCUT2D eigenvalue weighted by molar-refractivity contribution is 7.89. The first-order valence-corrected chi connectivity index (χ1v) is 10.1. The summed E-state index contributed by atoms with van der Waals surface area (Å²) in [5.74, 6) is 0. The van der Waals surface area contributed by atoms with Crippen LogP contribution < -0.4 is 4.72 Å². The summed E-state index contributed by atoms with van der Waals surface area (Å²) in [6.45, 7) is 6.40. The molecule has 24 heavy (non-hydrogen) atoms. The molecule has 0 bridgehead atoms. The molecule has 1 aliphatic rings. The molecule has 0 saturated carbocycles. The molecule has 1 fully saturated rings. The van der Waals surface area contributed by atoms with E-state index in [0.29, 0.717) is 22.9 Å². The molecule has 1 aromatic carbocycles. The second-order valence-electron chi connectivity index (χ2n) is 6.56. The molecule has 0 radical (unpaired) electrons. The van der Waals surface area contributed by atoms with Gasteiger partial charge in [0.2, 0.25) is 10.0 Å². The molecule has 0 aliphatic carbocycles. The highest BCUT2D eigenvalue weighted by atomic mass is 32.2. The lowest BCUT2D eigenvalue weighted by Gasteiger charge is -2.33. The Balaban J connectivity index is 1.75. The van der Waals surface area contributed by atoms with Crippen molar-refractivity contribution in [1.29, 1.82) is 0 Å². The number of piperidine rings is 1. The lowest BCUT2D eigenvalue weighted by Crippen LogP contribution is -2.42. The molecule has 1 atom stereocenters. The first-order valence-electron chi connectivity index (χ1n) is 8.57. The molecule has 0 amide bonds. The lowest BCUT2D eigenvalue weighted by atomic mass is 10.0. The van der Waals surface area contributed by atoms with Gasteiger partial charge in [-0.3, -0.25) is 9.88 Å². The molecule has 0 unspecified atom stereocenters. The van der Waals surface area contributed by atoms with Gasteiger partial charge in [-0.1, -0.05) is 12.5 Å². The molecule has 5 nitrogen and oxygen atoms in total. The molecule has 2 aromatic rings. The first kappa shape index (κ1) is 17.3. The van der Waals surface area contributed by atoms with Gasteiger partial charge < -0.3 is 0 Å². The van der Waals surface area contributed by atoms with Crippen molar-refractivity contribution in [1.82, 2.24) is 14.6 Å². The topological polar surface area (TPSA) is 62.3 Å². The minimum Gasteiger partial charge on any atom is -0.299 e. The number of aromatic nitrogens is 1. The minimum absolute atomic E-state index is 0.308. The normalized spacial score (nSPS) is 19.7. The fourth-order valence-corrected chi connectivity index (χ4v) is 4.63. The Morgan fingerprint density at radius 3 is 2.92 bits per heavy atom. The molecule has 1 saturated heterocycles. The molecular formula is C18H25N3O2S. The van der Waals surface area contributed by atoms with Crippen LogP contribution in [-0.4, -0.2) is 44.0 Å². The van der Waals surface area contributed by atoms with Crippen LogP contribution >= 0.6 is 0 Å². The predicted octanol–water partition coefficient (Wildman–Crippen LogP) is 2.70. The smallest absolute Gasteiger partial charge is 0.241 e. The molecule has 3 rings (SSSR count). The number of hydrogen-bond donors (Lipinski definition) is 1. The van der Waals surface area contributed by atoms with E-state index in [-0.39, 0.29) is 0 Å². The number of nitrogens with one attached hydrogen (secondary N) is 1. The zero-order valence-corrected chi connectivity index (χ0v) is 15.1. The summed E-state index contributed by atoms with van der Waals surface area (Å²) in [5.41, 5.74) is 1.72. The van der Waals surface area contributed by atoms with E-state index in [9.17, 15) is 8.42 Å². The largest absolute Gasteiger partial charge is 0.299 e. The summed E-state index contributed by atoms with van der Waals surface area (Å²) < 4.78 is 28.2. The SMILES string of the molecule is Cc1ccc(S(=O)(=O)NCCN2CCCC[C@@H]2C)c2cccnc12. The number of aryl methyl sites for hydroxylation is 1. The van der Waals surface area contributed by atoms with Crippen molar-refractivity contribution in [3.05, 3.63) is 36.0 Å². The zero-order valence-electron chi connectivity index (χ0n) is 14.3. The summed E-state index contributed by atoms with van der Waals surface area (Å²) >= 11 is 0. The molecule has 1 aromatic heterocycles. The van der Waals surface area contributed by atoms with E-state index in [1.54, 1.807) is 18.3 Å². The van der Waals surface area contributed by atoms with E-state index >= 15 is 0 Å². The molecule has 1 N–H and O–H groups in total. The van der Waals surface area contributed by atoms with Crippen molar-refractivity contribution in [3.63, 3.8) is 0 Å². The molecule has 0 spiro atoms. The Kier molecular flexibility index (Phi) is 5.18. The van der Waals surface area contributed by atoms with Crippen molar-refractivity contribution in [2.75, 3.05) is 19.6 Å². The zero-order chi connectivity index (χ0) is 17.2. The van der Waals surface area contributed by atoms with Crippen LogP contribution in [0.3, 0.4) is 0 Å². The number of hydrogen-bond acceptors (Lipinski definition) is 4. The quantitative estimate of drug-likeness (QED) is 0.903. The predicted molar refractivity (Wildman–Crippen MR) is 96.6 cm³/mol. The molecule has 1 aliphatic heterocycles. The average Bonchev–Trinajstić information content (AvgIpc) is 2.57. The van der Waals surface area contributed by atoms with Crippen molar-refractivity contribution in [2.24, 2.45) is 0 Å². The third-order valence-corrected chi connectivity index (χ3v) is 6.37. The van der Waals surface area contributed by atoms with Gasteiger partial charge in [-0.2, -0.15) is 0 Å². The highest BCUT2D eigenvalue weighted by Crippen LogP contribution is 2.24. The van der Waals surface area contributed by atoms with E-state index in [0.717, 1.165) is 24.2 Å². The van der Waals surface area contributed by atoms with E-state index in [1.165, 1.54) is 19.3 Å². The average molecular weight is 347 g/mol. The van der Waals surface area contributed by atoms with Gasteiger partial charge in [0.05, 0.1) is 10.4 Å². The van der Waals surface area contributed by atoms with Gasteiger partial charge in [0, 0.05) is 30.7 Å². The summed E-state index contributed by atoms with van der Waals surface area (Å²) in [4.78, 5) is 6.99. The van der Waals surface area contributed by atoms with Crippen LogP contribution in [0.25, 0.3) is 10.9 Å². The van der Waals surface area contributed by atoms with Crippen LogP contribution in [0, 0.1) is 6.92 Å². The van der Waals surface area contributed by atoms with Crippen molar-refractivity contribution in [3.8, 4) is 0 Å².